The molecular formula is C13H19IN6O2. The van der Waals surface area contributed by atoms with Gasteiger partial charge in [-0.1, -0.05) is 0 Å². The minimum absolute atomic E-state index is 0. The van der Waals surface area contributed by atoms with Crippen molar-refractivity contribution in [3.05, 3.63) is 36.4 Å². The first-order valence-electron chi connectivity index (χ1n) is 6.72. The molecule has 0 fully saturated rings. The summed E-state index contributed by atoms with van der Waals surface area (Å²) in [6.45, 7) is 0.949. The van der Waals surface area contributed by atoms with Crippen molar-refractivity contribution in [1.82, 2.24) is 30.6 Å². The molecule has 9 heteroatoms. The van der Waals surface area contributed by atoms with Gasteiger partial charge in [-0.25, -0.2) is 9.97 Å². The Morgan fingerprint density at radius 2 is 1.36 bits per heavy atom. The number of hydrogen-bond donors (Lipinski definition) is 4. The van der Waals surface area contributed by atoms with E-state index in [9.17, 15) is 9.59 Å². The molecule has 0 atom stereocenters. The van der Waals surface area contributed by atoms with Gasteiger partial charge in [0.25, 0.3) is 0 Å². The number of H-pyrrole nitrogens is 2. The van der Waals surface area contributed by atoms with E-state index in [1.165, 1.54) is 0 Å². The number of carbonyl (C=O) groups is 2. The fourth-order valence-corrected chi connectivity index (χ4v) is 1.79. The lowest BCUT2D eigenvalue weighted by atomic mass is 10.3. The summed E-state index contributed by atoms with van der Waals surface area (Å²) in [4.78, 5) is 36.8. The van der Waals surface area contributed by atoms with E-state index < -0.39 is 0 Å². The minimum Gasteiger partial charge on any atom is -0.355 e. The highest BCUT2D eigenvalue weighted by Gasteiger charge is 2.08. The standard InChI is InChI=1S/C13H18N6O2.HI/c20-12(16-3-1-10-6-14-8-18-10)5-13(21)17-4-2-11-7-15-9-19-11;/h6-9H,1-5H2,(H,14,18)(H,15,19)(H,16,20)(H,17,21);1H. The Balaban J connectivity index is 0.00000242. The molecule has 0 aliphatic carbocycles. The average Bonchev–Trinajstić information content (AvgIpc) is 3.11. The van der Waals surface area contributed by atoms with E-state index in [0.717, 1.165) is 11.4 Å². The van der Waals surface area contributed by atoms with Crippen molar-refractivity contribution in [2.45, 2.75) is 19.3 Å². The number of aromatic nitrogens is 4. The summed E-state index contributed by atoms with van der Waals surface area (Å²) in [6.07, 6.45) is 7.74. The maximum atomic E-state index is 11.6. The predicted octanol–water partition coefficient (Wildman–Crippen LogP) is 0.159. The molecule has 0 spiro atoms. The van der Waals surface area contributed by atoms with Gasteiger partial charge in [-0.05, 0) is 0 Å². The Labute approximate surface area is 144 Å². The molecule has 2 aromatic heterocycles. The molecule has 2 rings (SSSR count). The normalized spacial score (nSPS) is 9.82. The van der Waals surface area contributed by atoms with Crippen LogP contribution in [-0.4, -0.2) is 44.8 Å². The second-order valence-corrected chi connectivity index (χ2v) is 4.53. The van der Waals surface area contributed by atoms with Crippen LogP contribution < -0.4 is 10.6 Å². The molecule has 22 heavy (non-hydrogen) atoms. The summed E-state index contributed by atoms with van der Waals surface area (Å²) >= 11 is 0. The second kappa shape index (κ2) is 9.92. The van der Waals surface area contributed by atoms with Crippen LogP contribution in [0.4, 0.5) is 0 Å². The van der Waals surface area contributed by atoms with Crippen molar-refractivity contribution in [1.29, 1.82) is 0 Å². The van der Waals surface area contributed by atoms with E-state index in [0.29, 0.717) is 25.9 Å². The highest BCUT2D eigenvalue weighted by Crippen LogP contribution is 1.92. The van der Waals surface area contributed by atoms with Crippen LogP contribution in [0.15, 0.2) is 25.0 Å². The minimum atomic E-state index is -0.284. The van der Waals surface area contributed by atoms with E-state index in [1.807, 2.05) is 0 Å². The van der Waals surface area contributed by atoms with Gasteiger partial charge in [-0.15, -0.1) is 24.0 Å². The van der Waals surface area contributed by atoms with E-state index in [1.54, 1.807) is 25.0 Å². The summed E-state index contributed by atoms with van der Waals surface area (Å²) in [6, 6.07) is 0. The highest BCUT2D eigenvalue weighted by atomic mass is 127. The number of halogens is 1. The van der Waals surface area contributed by atoms with Crippen molar-refractivity contribution in [2.75, 3.05) is 13.1 Å². The number of nitrogens with one attached hydrogen (secondary N) is 4. The zero-order valence-corrected chi connectivity index (χ0v) is 14.3. The molecule has 2 aromatic rings. The fraction of sp³-hybridized carbons (Fsp3) is 0.385. The van der Waals surface area contributed by atoms with Crippen molar-refractivity contribution in [3.8, 4) is 0 Å². The Kier molecular flexibility index (Phi) is 8.18. The number of amides is 2. The first-order valence-corrected chi connectivity index (χ1v) is 6.72. The lowest BCUT2D eigenvalue weighted by molar-refractivity contribution is -0.129. The van der Waals surface area contributed by atoms with Crippen LogP contribution in [0.5, 0.6) is 0 Å². The summed E-state index contributed by atoms with van der Waals surface area (Å²) in [5, 5.41) is 5.38. The Morgan fingerprint density at radius 1 is 0.909 bits per heavy atom. The maximum Gasteiger partial charge on any atom is 0.229 e. The number of nitrogens with zero attached hydrogens (tertiary/aromatic N) is 2. The van der Waals surface area contributed by atoms with Crippen molar-refractivity contribution in [3.63, 3.8) is 0 Å². The summed E-state index contributed by atoms with van der Waals surface area (Å²) < 4.78 is 0. The zero-order valence-electron chi connectivity index (χ0n) is 12.0. The first-order chi connectivity index (χ1) is 10.2. The Hall–Kier alpha value is -1.91. The quantitative estimate of drug-likeness (QED) is 0.361. The third-order valence-corrected chi connectivity index (χ3v) is 2.86. The van der Waals surface area contributed by atoms with Gasteiger partial charge < -0.3 is 20.6 Å². The second-order valence-electron chi connectivity index (χ2n) is 4.53. The largest absolute Gasteiger partial charge is 0.355 e. The summed E-state index contributed by atoms with van der Waals surface area (Å²) in [5.74, 6) is -0.567. The van der Waals surface area contributed by atoms with E-state index in [-0.39, 0.29) is 42.2 Å². The molecule has 0 aliphatic rings. The van der Waals surface area contributed by atoms with Crippen molar-refractivity contribution < 1.29 is 9.59 Å². The molecule has 0 unspecified atom stereocenters. The van der Waals surface area contributed by atoms with Gasteiger partial charge in [0.2, 0.25) is 11.8 Å². The first kappa shape index (κ1) is 18.1. The number of aromatic amines is 2. The molecule has 8 nitrogen and oxygen atoms in total. The topological polar surface area (TPSA) is 116 Å². The van der Waals surface area contributed by atoms with Gasteiger partial charge in [0.05, 0.1) is 12.7 Å². The molecule has 0 saturated heterocycles. The molecule has 0 saturated carbocycles. The van der Waals surface area contributed by atoms with Gasteiger partial charge >= 0.3 is 0 Å². The monoisotopic (exact) mass is 418 g/mol. The molecule has 0 bridgehead atoms. The molecule has 0 aliphatic heterocycles. The summed E-state index contributed by atoms with van der Waals surface area (Å²) in [7, 11) is 0. The SMILES string of the molecule is I.O=C(CC(=O)NCCc1cnc[nH]1)NCCc1cnc[nH]1. The van der Waals surface area contributed by atoms with Crippen LogP contribution in [0, 0.1) is 0 Å². The van der Waals surface area contributed by atoms with Crippen LogP contribution in [0.2, 0.25) is 0 Å². The average molecular weight is 418 g/mol. The van der Waals surface area contributed by atoms with Gasteiger partial charge in [-0.3, -0.25) is 9.59 Å². The van der Waals surface area contributed by atoms with E-state index in [4.69, 9.17) is 0 Å². The number of rotatable bonds is 8. The molecule has 2 heterocycles. The van der Waals surface area contributed by atoms with Gasteiger partial charge in [0.1, 0.15) is 6.42 Å². The van der Waals surface area contributed by atoms with Crippen LogP contribution in [-0.2, 0) is 22.4 Å². The lowest BCUT2D eigenvalue weighted by Crippen LogP contribution is -2.33. The van der Waals surface area contributed by atoms with Crippen molar-refractivity contribution in [2.24, 2.45) is 0 Å². The van der Waals surface area contributed by atoms with Crippen LogP contribution in [0.3, 0.4) is 0 Å². The molecule has 0 aromatic carbocycles. The Morgan fingerprint density at radius 3 is 1.73 bits per heavy atom. The number of imidazole rings is 2. The molecule has 120 valence electrons. The Bertz CT molecular complexity index is 505. The fourth-order valence-electron chi connectivity index (χ4n) is 1.79. The van der Waals surface area contributed by atoms with E-state index >= 15 is 0 Å². The molecular weight excluding hydrogens is 399 g/mol. The van der Waals surface area contributed by atoms with Gasteiger partial charge in [-0.2, -0.15) is 0 Å². The lowest BCUT2D eigenvalue weighted by Gasteiger charge is -2.05. The molecule has 4 N–H and O–H groups in total. The van der Waals surface area contributed by atoms with Crippen LogP contribution in [0.1, 0.15) is 17.8 Å². The number of hydrogen-bond acceptors (Lipinski definition) is 4. The summed E-state index contributed by atoms with van der Waals surface area (Å²) in [5.41, 5.74) is 1.89. The zero-order chi connectivity index (χ0) is 14.9. The van der Waals surface area contributed by atoms with Crippen LogP contribution >= 0.6 is 24.0 Å². The third kappa shape index (κ3) is 6.70. The smallest absolute Gasteiger partial charge is 0.229 e. The molecule has 2 amide bonds. The number of carbonyl (C=O) groups excluding carboxylic acids is 2. The third-order valence-electron chi connectivity index (χ3n) is 2.86. The highest BCUT2D eigenvalue weighted by molar-refractivity contribution is 14.0. The van der Waals surface area contributed by atoms with Gasteiger partial charge in [0, 0.05) is 49.7 Å². The van der Waals surface area contributed by atoms with Crippen LogP contribution in [0.25, 0.3) is 0 Å². The van der Waals surface area contributed by atoms with E-state index in [2.05, 4.69) is 30.6 Å². The maximum absolute atomic E-state index is 11.6. The predicted molar refractivity (Wildman–Crippen MR) is 90.6 cm³/mol. The van der Waals surface area contributed by atoms with Gasteiger partial charge in [0.15, 0.2) is 0 Å². The molecule has 0 radical (unpaired) electrons. The van der Waals surface area contributed by atoms with Crippen molar-refractivity contribution >= 4 is 35.8 Å².